The number of ether oxygens (including phenoxy) is 1. The van der Waals surface area contributed by atoms with Gasteiger partial charge in [-0.2, -0.15) is 0 Å². The fourth-order valence-corrected chi connectivity index (χ4v) is 1.63. The van der Waals surface area contributed by atoms with E-state index in [2.05, 4.69) is 4.98 Å². The van der Waals surface area contributed by atoms with Gasteiger partial charge in [0.2, 0.25) is 0 Å². The highest BCUT2D eigenvalue weighted by atomic mass is 16.5. The standard InChI is InChI=1S/C11H14N2O3/c1-2-8-5-9(14)11(12-6-8)13-3-4-16-7-10(13)15/h5-6,14H,2-4,7H2,1H3. The Morgan fingerprint density at radius 2 is 2.44 bits per heavy atom. The van der Waals surface area contributed by atoms with E-state index in [0.29, 0.717) is 19.0 Å². The molecule has 1 fully saturated rings. The normalized spacial score (nSPS) is 16.6. The van der Waals surface area contributed by atoms with Crippen LogP contribution in [0.3, 0.4) is 0 Å². The molecule has 0 aliphatic carbocycles. The van der Waals surface area contributed by atoms with E-state index in [0.717, 1.165) is 12.0 Å². The van der Waals surface area contributed by atoms with E-state index in [-0.39, 0.29) is 18.3 Å². The van der Waals surface area contributed by atoms with Crippen molar-refractivity contribution in [3.8, 4) is 5.75 Å². The highest BCUT2D eigenvalue weighted by molar-refractivity contribution is 5.95. The summed E-state index contributed by atoms with van der Waals surface area (Å²) in [5, 5.41) is 9.80. The second-order valence-electron chi connectivity index (χ2n) is 3.64. The van der Waals surface area contributed by atoms with Crippen LogP contribution >= 0.6 is 0 Å². The number of hydrogen-bond donors (Lipinski definition) is 1. The lowest BCUT2D eigenvalue weighted by molar-refractivity contribution is -0.125. The molecule has 0 saturated carbocycles. The molecule has 1 aromatic rings. The molecule has 0 aromatic carbocycles. The molecule has 5 nitrogen and oxygen atoms in total. The first-order valence-electron chi connectivity index (χ1n) is 5.28. The van der Waals surface area contributed by atoms with Gasteiger partial charge in [0.05, 0.1) is 13.2 Å². The smallest absolute Gasteiger partial charge is 0.254 e. The van der Waals surface area contributed by atoms with Crippen molar-refractivity contribution in [3.05, 3.63) is 17.8 Å². The lowest BCUT2D eigenvalue weighted by atomic mass is 10.2. The topological polar surface area (TPSA) is 62.7 Å². The van der Waals surface area contributed by atoms with Crippen molar-refractivity contribution in [1.82, 2.24) is 4.98 Å². The average molecular weight is 222 g/mol. The van der Waals surface area contributed by atoms with Crippen LogP contribution in [0.1, 0.15) is 12.5 Å². The van der Waals surface area contributed by atoms with Gasteiger partial charge in [0, 0.05) is 6.20 Å². The molecule has 1 amide bonds. The van der Waals surface area contributed by atoms with Crippen molar-refractivity contribution < 1.29 is 14.6 Å². The highest BCUT2D eigenvalue weighted by Crippen LogP contribution is 2.26. The van der Waals surface area contributed by atoms with Crippen molar-refractivity contribution >= 4 is 11.7 Å². The Bertz CT molecular complexity index is 406. The molecule has 1 aliphatic rings. The number of morpholine rings is 1. The van der Waals surface area contributed by atoms with Gasteiger partial charge in [0.25, 0.3) is 5.91 Å². The fraction of sp³-hybridized carbons (Fsp3) is 0.455. The Morgan fingerprint density at radius 1 is 1.62 bits per heavy atom. The van der Waals surface area contributed by atoms with Crippen LogP contribution in [0.2, 0.25) is 0 Å². The Labute approximate surface area is 93.7 Å². The zero-order valence-corrected chi connectivity index (χ0v) is 9.14. The largest absolute Gasteiger partial charge is 0.504 e. The van der Waals surface area contributed by atoms with Gasteiger partial charge in [-0.1, -0.05) is 6.92 Å². The summed E-state index contributed by atoms with van der Waals surface area (Å²) in [5.41, 5.74) is 0.946. The minimum atomic E-state index is -0.168. The summed E-state index contributed by atoms with van der Waals surface area (Å²) in [4.78, 5) is 17.1. The molecular weight excluding hydrogens is 208 g/mol. The molecular formula is C11H14N2O3. The van der Waals surface area contributed by atoms with Crippen LogP contribution in [0, 0.1) is 0 Å². The molecule has 2 heterocycles. The summed E-state index contributed by atoms with van der Waals surface area (Å²) < 4.78 is 5.02. The van der Waals surface area contributed by atoms with Crippen LogP contribution in [0.4, 0.5) is 5.82 Å². The summed E-state index contributed by atoms with van der Waals surface area (Å²) >= 11 is 0. The number of anilines is 1. The van der Waals surface area contributed by atoms with Crippen LogP contribution in [-0.4, -0.2) is 35.8 Å². The number of aromatic hydroxyl groups is 1. The van der Waals surface area contributed by atoms with Crippen molar-refractivity contribution in [2.45, 2.75) is 13.3 Å². The van der Waals surface area contributed by atoms with Crippen LogP contribution in [-0.2, 0) is 16.0 Å². The van der Waals surface area contributed by atoms with Gasteiger partial charge in [-0.05, 0) is 18.1 Å². The van der Waals surface area contributed by atoms with Gasteiger partial charge in [-0.25, -0.2) is 4.98 Å². The first-order valence-corrected chi connectivity index (χ1v) is 5.28. The summed E-state index contributed by atoms with van der Waals surface area (Å²) in [6.45, 7) is 2.94. The number of amides is 1. The maximum Gasteiger partial charge on any atom is 0.254 e. The average Bonchev–Trinajstić information content (AvgIpc) is 2.30. The van der Waals surface area contributed by atoms with Crippen molar-refractivity contribution in [2.24, 2.45) is 0 Å². The van der Waals surface area contributed by atoms with Crippen LogP contribution in [0.5, 0.6) is 5.75 Å². The molecule has 86 valence electrons. The van der Waals surface area contributed by atoms with Crippen LogP contribution < -0.4 is 4.90 Å². The second-order valence-corrected chi connectivity index (χ2v) is 3.64. The fourth-order valence-electron chi connectivity index (χ4n) is 1.63. The number of rotatable bonds is 2. The Balaban J connectivity index is 2.28. The van der Waals surface area contributed by atoms with E-state index in [1.807, 2.05) is 6.92 Å². The molecule has 1 aliphatic heterocycles. The SMILES string of the molecule is CCc1cnc(N2CCOCC2=O)c(O)c1. The zero-order valence-electron chi connectivity index (χ0n) is 9.14. The molecule has 2 rings (SSSR count). The maximum atomic E-state index is 11.6. The third-order valence-electron chi connectivity index (χ3n) is 2.55. The predicted molar refractivity (Wildman–Crippen MR) is 58.5 cm³/mol. The van der Waals surface area contributed by atoms with E-state index >= 15 is 0 Å². The van der Waals surface area contributed by atoms with E-state index in [9.17, 15) is 9.90 Å². The molecule has 0 unspecified atom stereocenters. The second kappa shape index (κ2) is 4.49. The van der Waals surface area contributed by atoms with Gasteiger partial charge in [-0.15, -0.1) is 0 Å². The Morgan fingerprint density at radius 3 is 3.06 bits per heavy atom. The number of hydrogen-bond acceptors (Lipinski definition) is 4. The summed E-state index contributed by atoms with van der Waals surface area (Å²) in [5.74, 6) is 0.207. The maximum absolute atomic E-state index is 11.6. The summed E-state index contributed by atoms with van der Waals surface area (Å²) in [6.07, 6.45) is 2.48. The molecule has 1 saturated heterocycles. The molecule has 16 heavy (non-hydrogen) atoms. The number of pyridine rings is 1. The quantitative estimate of drug-likeness (QED) is 0.800. The molecule has 1 N–H and O–H groups in total. The first-order chi connectivity index (χ1) is 7.72. The molecule has 0 spiro atoms. The van der Waals surface area contributed by atoms with Crippen LogP contribution in [0.15, 0.2) is 12.3 Å². The van der Waals surface area contributed by atoms with E-state index in [1.165, 1.54) is 4.90 Å². The van der Waals surface area contributed by atoms with E-state index in [4.69, 9.17) is 4.74 Å². The lowest BCUT2D eigenvalue weighted by Crippen LogP contribution is -2.42. The number of carbonyl (C=O) groups excluding carboxylic acids is 1. The van der Waals surface area contributed by atoms with Crippen LogP contribution in [0.25, 0.3) is 0 Å². The molecule has 0 atom stereocenters. The Kier molecular flexibility index (Phi) is 3.05. The summed E-state index contributed by atoms with van der Waals surface area (Å²) in [7, 11) is 0. The highest BCUT2D eigenvalue weighted by Gasteiger charge is 2.23. The van der Waals surface area contributed by atoms with Gasteiger partial charge >= 0.3 is 0 Å². The predicted octanol–water partition coefficient (Wildman–Crippen LogP) is 0.713. The third kappa shape index (κ3) is 1.99. The van der Waals surface area contributed by atoms with Gasteiger partial charge in [-0.3, -0.25) is 9.69 Å². The third-order valence-corrected chi connectivity index (χ3v) is 2.55. The van der Waals surface area contributed by atoms with Crippen molar-refractivity contribution in [2.75, 3.05) is 24.7 Å². The number of carbonyl (C=O) groups is 1. The lowest BCUT2D eigenvalue weighted by Gasteiger charge is -2.26. The number of aryl methyl sites for hydroxylation is 1. The number of nitrogens with zero attached hydrogens (tertiary/aromatic N) is 2. The summed E-state index contributed by atoms with van der Waals surface area (Å²) in [6, 6.07) is 1.64. The zero-order chi connectivity index (χ0) is 11.5. The Hall–Kier alpha value is -1.62. The molecule has 0 bridgehead atoms. The van der Waals surface area contributed by atoms with E-state index in [1.54, 1.807) is 12.3 Å². The van der Waals surface area contributed by atoms with Crippen molar-refractivity contribution in [3.63, 3.8) is 0 Å². The minimum Gasteiger partial charge on any atom is -0.504 e. The number of aromatic nitrogens is 1. The molecule has 1 aromatic heterocycles. The van der Waals surface area contributed by atoms with Crippen molar-refractivity contribution in [1.29, 1.82) is 0 Å². The van der Waals surface area contributed by atoms with Gasteiger partial charge in [0.15, 0.2) is 11.6 Å². The monoisotopic (exact) mass is 222 g/mol. The molecule has 5 heteroatoms. The van der Waals surface area contributed by atoms with Gasteiger partial charge < -0.3 is 9.84 Å². The van der Waals surface area contributed by atoms with Gasteiger partial charge in [0.1, 0.15) is 6.61 Å². The van der Waals surface area contributed by atoms with E-state index < -0.39 is 0 Å². The first kappa shape index (κ1) is 10.9. The minimum absolute atomic E-state index is 0.0506. The molecule has 0 radical (unpaired) electrons.